The molecule has 0 saturated heterocycles. The summed E-state index contributed by atoms with van der Waals surface area (Å²) in [6, 6.07) is 14.3. The zero-order valence-corrected chi connectivity index (χ0v) is 13.8. The van der Waals surface area contributed by atoms with Gasteiger partial charge in [-0.2, -0.15) is 0 Å². The number of benzene rings is 2. The molecule has 0 amide bonds. The van der Waals surface area contributed by atoms with E-state index in [1.165, 1.54) is 3.57 Å². The van der Waals surface area contributed by atoms with Gasteiger partial charge < -0.3 is 5.11 Å². The predicted octanol–water partition coefficient (Wildman–Crippen LogP) is 4.64. The first-order chi connectivity index (χ1) is 8.56. The number of rotatable bonds is 3. The molecule has 0 spiro atoms. The molecular weight excluding hydrogens is 403 g/mol. The summed E-state index contributed by atoms with van der Waals surface area (Å²) in [5.74, 6) is 0. The van der Waals surface area contributed by atoms with Crippen LogP contribution in [0.5, 0.6) is 0 Å². The number of halogens is 2. The Balaban J connectivity index is 2.18. The Bertz CT molecular complexity index is 537. The molecule has 1 N–H and O–H groups in total. The fraction of sp³-hybridized carbons (Fsp3) is 0.200. The molecule has 0 aliphatic carbocycles. The van der Waals surface area contributed by atoms with Crippen LogP contribution in [0.1, 0.15) is 22.8 Å². The van der Waals surface area contributed by atoms with E-state index in [2.05, 4.69) is 62.8 Å². The highest BCUT2D eigenvalue weighted by Gasteiger charge is 2.11. The highest BCUT2D eigenvalue weighted by Crippen LogP contribution is 2.25. The van der Waals surface area contributed by atoms with E-state index < -0.39 is 6.10 Å². The van der Waals surface area contributed by atoms with E-state index in [1.54, 1.807) is 0 Å². The molecule has 2 aromatic rings. The molecule has 0 aliphatic heterocycles. The van der Waals surface area contributed by atoms with Crippen LogP contribution in [0.3, 0.4) is 0 Å². The average Bonchev–Trinajstić information content (AvgIpc) is 2.35. The zero-order valence-electron chi connectivity index (χ0n) is 10.0. The van der Waals surface area contributed by atoms with E-state index in [4.69, 9.17) is 0 Å². The first-order valence-corrected chi connectivity index (χ1v) is 7.62. The molecule has 0 fully saturated rings. The van der Waals surface area contributed by atoms with Gasteiger partial charge in [0.1, 0.15) is 0 Å². The molecule has 1 nitrogen and oxygen atoms in total. The van der Waals surface area contributed by atoms with Crippen molar-refractivity contribution in [1.82, 2.24) is 0 Å². The molecule has 0 aromatic heterocycles. The average molecular weight is 417 g/mol. The molecule has 0 heterocycles. The lowest BCUT2D eigenvalue weighted by Gasteiger charge is -2.14. The lowest BCUT2D eigenvalue weighted by atomic mass is 9.98. The summed E-state index contributed by atoms with van der Waals surface area (Å²) in [5, 5.41) is 10.3. The molecule has 94 valence electrons. The Morgan fingerprint density at radius 3 is 2.50 bits per heavy atom. The summed E-state index contributed by atoms with van der Waals surface area (Å²) in [4.78, 5) is 0. The Kier molecular flexibility index (Phi) is 4.81. The first kappa shape index (κ1) is 14.0. The van der Waals surface area contributed by atoms with Crippen LogP contribution in [0.4, 0.5) is 0 Å². The van der Waals surface area contributed by atoms with Gasteiger partial charge in [0.25, 0.3) is 0 Å². The van der Waals surface area contributed by atoms with Crippen molar-refractivity contribution in [2.75, 3.05) is 0 Å². The fourth-order valence-electron chi connectivity index (χ4n) is 1.92. The van der Waals surface area contributed by atoms with Gasteiger partial charge in [0.05, 0.1) is 6.10 Å². The summed E-state index contributed by atoms with van der Waals surface area (Å²) >= 11 is 5.73. The standard InChI is InChI=1S/C15H14BrIO/c1-10-2-5-12(16)9-14(10)15(18)8-11-3-6-13(17)7-4-11/h2-7,9,15,18H,8H2,1H3. The number of aliphatic hydroxyl groups excluding tert-OH is 1. The maximum absolute atomic E-state index is 10.3. The maximum Gasteiger partial charge on any atom is 0.0833 e. The number of hydrogen-bond donors (Lipinski definition) is 1. The Morgan fingerprint density at radius 1 is 1.17 bits per heavy atom. The molecule has 3 heteroatoms. The monoisotopic (exact) mass is 416 g/mol. The summed E-state index contributed by atoms with van der Waals surface area (Å²) in [6.07, 6.45) is 0.191. The molecule has 0 aliphatic rings. The third-order valence-corrected chi connectivity index (χ3v) is 4.16. The molecule has 18 heavy (non-hydrogen) atoms. The fourth-order valence-corrected chi connectivity index (χ4v) is 2.66. The summed E-state index contributed by atoms with van der Waals surface area (Å²) in [7, 11) is 0. The van der Waals surface area contributed by atoms with Crippen LogP contribution in [0, 0.1) is 10.5 Å². The van der Waals surface area contributed by atoms with E-state index >= 15 is 0 Å². The first-order valence-electron chi connectivity index (χ1n) is 5.75. The van der Waals surface area contributed by atoms with Crippen molar-refractivity contribution >= 4 is 38.5 Å². The van der Waals surface area contributed by atoms with Crippen LogP contribution in [0.25, 0.3) is 0 Å². The molecular formula is C15H14BrIO. The van der Waals surface area contributed by atoms with Crippen molar-refractivity contribution in [1.29, 1.82) is 0 Å². The SMILES string of the molecule is Cc1ccc(Br)cc1C(O)Cc1ccc(I)cc1. The van der Waals surface area contributed by atoms with Gasteiger partial charge in [0, 0.05) is 14.5 Å². The molecule has 2 aromatic carbocycles. The van der Waals surface area contributed by atoms with Gasteiger partial charge in [-0.3, -0.25) is 0 Å². The van der Waals surface area contributed by atoms with E-state index in [9.17, 15) is 5.11 Å². The van der Waals surface area contributed by atoms with Gasteiger partial charge in [0.15, 0.2) is 0 Å². The smallest absolute Gasteiger partial charge is 0.0833 e. The van der Waals surface area contributed by atoms with Crippen molar-refractivity contribution in [3.63, 3.8) is 0 Å². The van der Waals surface area contributed by atoms with E-state index in [-0.39, 0.29) is 0 Å². The van der Waals surface area contributed by atoms with Gasteiger partial charge in [-0.1, -0.05) is 34.1 Å². The second-order valence-electron chi connectivity index (χ2n) is 4.35. The third-order valence-electron chi connectivity index (χ3n) is 2.94. The van der Waals surface area contributed by atoms with Crippen LogP contribution in [-0.2, 0) is 6.42 Å². The van der Waals surface area contributed by atoms with Crippen molar-refractivity contribution in [3.05, 3.63) is 67.2 Å². The van der Waals surface area contributed by atoms with Crippen LogP contribution >= 0.6 is 38.5 Å². The van der Waals surface area contributed by atoms with Gasteiger partial charge >= 0.3 is 0 Å². The summed E-state index contributed by atoms with van der Waals surface area (Å²) in [5.41, 5.74) is 3.27. The maximum atomic E-state index is 10.3. The minimum absolute atomic E-state index is 0.456. The summed E-state index contributed by atoms with van der Waals surface area (Å²) < 4.78 is 2.22. The van der Waals surface area contributed by atoms with Crippen molar-refractivity contribution in [3.8, 4) is 0 Å². The zero-order chi connectivity index (χ0) is 13.1. The van der Waals surface area contributed by atoms with Crippen molar-refractivity contribution in [2.45, 2.75) is 19.4 Å². The largest absolute Gasteiger partial charge is 0.388 e. The topological polar surface area (TPSA) is 20.2 Å². The lowest BCUT2D eigenvalue weighted by Crippen LogP contribution is -2.04. The minimum Gasteiger partial charge on any atom is -0.388 e. The van der Waals surface area contributed by atoms with Crippen LogP contribution < -0.4 is 0 Å². The molecule has 1 unspecified atom stereocenters. The van der Waals surface area contributed by atoms with Crippen LogP contribution in [0.15, 0.2) is 46.9 Å². The van der Waals surface area contributed by atoms with Crippen LogP contribution in [-0.4, -0.2) is 5.11 Å². The third kappa shape index (κ3) is 3.56. The normalized spacial score (nSPS) is 12.4. The predicted molar refractivity (Wildman–Crippen MR) is 86.7 cm³/mol. The van der Waals surface area contributed by atoms with Gasteiger partial charge in [0.2, 0.25) is 0 Å². The minimum atomic E-state index is -0.456. The van der Waals surface area contributed by atoms with Crippen LogP contribution in [0.2, 0.25) is 0 Å². The lowest BCUT2D eigenvalue weighted by molar-refractivity contribution is 0.177. The van der Waals surface area contributed by atoms with Crippen molar-refractivity contribution in [2.24, 2.45) is 0 Å². The Labute approximate surface area is 130 Å². The highest BCUT2D eigenvalue weighted by molar-refractivity contribution is 14.1. The number of hydrogen-bond acceptors (Lipinski definition) is 1. The second-order valence-corrected chi connectivity index (χ2v) is 6.51. The van der Waals surface area contributed by atoms with Gasteiger partial charge in [-0.25, -0.2) is 0 Å². The number of aliphatic hydroxyl groups is 1. The van der Waals surface area contributed by atoms with Crippen molar-refractivity contribution < 1.29 is 5.11 Å². The molecule has 2 rings (SSSR count). The van der Waals surface area contributed by atoms with Gasteiger partial charge in [-0.05, 0) is 70.5 Å². The molecule has 1 atom stereocenters. The number of aryl methyl sites for hydroxylation is 1. The molecule has 0 saturated carbocycles. The highest BCUT2D eigenvalue weighted by atomic mass is 127. The van der Waals surface area contributed by atoms with Gasteiger partial charge in [-0.15, -0.1) is 0 Å². The second kappa shape index (κ2) is 6.17. The quantitative estimate of drug-likeness (QED) is 0.722. The Hall–Kier alpha value is -0.390. The molecule has 0 radical (unpaired) electrons. The summed E-state index contributed by atoms with van der Waals surface area (Å²) in [6.45, 7) is 2.03. The Morgan fingerprint density at radius 2 is 1.83 bits per heavy atom. The van der Waals surface area contributed by atoms with E-state index in [0.717, 1.165) is 21.2 Å². The molecule has 0 bridgehead atoms. The van der Waals surface area contributed by atoms with E-state index in [0.29, 0.717) is 6.42 Å². The van der Waals surface area contributed by atoms with E-state index in [1.807, 2.05) is 25.1 Å².